The molecule has 0 spiro atoms. The molecule has 0 fully saturated rings. The second-order valence-corrected chi connectivity index (χ2v) is 7.58. The summed E-state index contributed by atoms with van der Waals surface area (Å²) in [5.74, 6) is 0.0143. The maximum Gasteiger partial charge on any atom is 0.254 e. The van der Waals surface area contributed by atoms with Gasteiger partial charge in [0.2, 0.25) is 0 Å². The van der Waals surface area contributed by atoms with Gasteiger partial charge >= 0.3 is 0 Å². The van der Waals surface area contributed by atoms with Gasteiger partial charge in [0.15, 0.2) is 0 Å². The van der Waals surface area contributed by atoms with Crippen molar-refractivity contribution in [2.24, 2.45) is 0 Å². The minimum absolute atomic E-state index is 0.0883. The molecule has 7 heteroatoms. The number of benzene rings is 3. The highest BCUT2D eigenvalue weighted by Crippen LogP contribution is 2.36. The van der Waals surface area contributed by atoms with Crippen molar-refractivity contribution in [1.82, 2.24) is 15.1 Å². The van der Waals surface area contributed by atoms with Crippen molar-refractivity contribution in [1.29, 1.82) is 0 Å². The Labute approximate surface area is 185 Å². The molecule has 32 heavy (non-hydrogen) atoms. The molecule has 0 bridgehead atoms. The van der Waals surface area contributed by atoms with Crippen LogP contribution in [0.1, 0.15) is 35.8 Å². The van der Waals surface area contributed by atoms with E-state index in [0.29, 0.717) is 40.1 Å². The lowest BCUT2D eigenvalue weighted by Gasteiger charge is -2.26. The molecular weight excluding hydrogens is 409 g/mol. The number of halogens is 1. The number of hydrogen-bond acceptors (Lipinski definition) is 4. The molecule has 4 rings (SSSR count). The second kappa shape index (κ2) is 8.70. The maximum atomic E-state index is 13.7. The van der Waals surface area contributed by atoms with Crippen LogP contribution in [0, 0.1) is 5.82 Å². The lowest BCUT2D eigenvalue weighted by atomic mass is 10.00. The number of phenols is 1. The van der Waals surface area contributed by atoms with E-state index >= 15 is 0 Å². The number of aromatic nitrogens is 2. The fourth-order valence-electron chi connectivity index (χ4n) is 3.84. The summed E-state index contributed by atoms with van der Waals surface area (Å²) in [7, 11) is 1.68. The molecule has 1 atom stereocenters. The normalized spacial score (nSPS) is 12.0. The van der Waals surface area contributed by atoms with Crippen LogP contribution in [0.2, 0.25) is 0 Å². The Bertz CT molecular complexity index is 1280. The minimum Gasteiger partial charge on any atom is -0.508 e. The van der Waals surface area contributed by atoms with Crippen LogP contribution in [0.25, 0.3) is 22.0 Å². The highest BCUT2D eigenvalue weighted by Gasteiger charge is 2.24. The predicted molar refractivity (Wildman–Crippen MR) is 121 cm³/mol. The first kappa shape index (κ1) is 21.4. The van der Waals surface area contributed by atoms with Gasteiger partial charge in [-0.1, -0.05) is 12.1 Å². The summed E-state index contributed by atoms with van der Waals surface area (Å²) in [4.78, 5) is 14.9. The molecule has 1 aromatic heterocycles. The van der Waals surface area contributed by atoms with E-state index in [1.807, 2.05) is 13.8 Å². The Morgan fingerprint density at radius 2 is 2.03 bits per heavy atom. The van der Waals surface area contributed by atoms with Gasteiger partial charge < -0.3 is 14.7 Å². The smallest absolute Gasteiger partial charge is 0.254 e. The summed E-state index contributed by atoms with van der Waals surface area (Å²) >= 11 is 0. The van der Waals surface area contributed by atoms with Gasteiger partial charge in [0.05, 0.1) is 24.4 Å². The van der Waals surface area contributed by atoms with Crippen LogP contribution in [0.4, 0.5) is 4.39 Å². The first-order valence-electron chi connectivity index (χ1n) is 10.4. The molecule has 164 valence electrons. The van der Waals surface area contributed by atoms with Crippen LogP contribution in [0.15, 0.2) is 60.8 Å². The van der Waals surface area contributed by atoms with E-state index in [9.17, 15) is 14.3 Å². The number of amides is 1. The zero-order valence-corrected chi connectivity index (χ0v) is 18.1. The standard InChI is InChI=1S/C25H24FN3O3/c1-4-32-22-13-17(8-10-20(22)16-6-5-7-19(26)12-16)25(31)29(3)15(2)23-21(30)11-9-18-14-27-28-24(18)23/h5-15,30H,4H2,1-3H3,(H,27,28)/t15-/m1/s1. The predicted octanol–water partition coefficient (Wildman–Crippen LogP) is 5.31. The largest absolute Gasteiger partial charge is 0.508 e. The molecule has 3 aromatic carbocycles. The van der Waals surface area contributed by atoms with E-state index in [-0.39, 0.29) is 17.5 Å². The zero-order chi connectivity index (χ0) is 22.8. The van der Waals surface area contributed by atoms with Crippen LogP contribution < -0.4 is 4.74 Å². The molecule has 0 radical (unpaired) electrons. The summed E-state index contributed by atoms with van der Waals surface area (Å²) in [6.07, 6.45) is 1.67. The Balaban J connectivity index is 1.68. The lowest BCUT2D eigenvalue weighted by molar-refractivity contribution is 0.0741. The van der Waals surface area contributed by atoms with E-state index in [0.717, 1.165) is 5.39 Å². The van der Waals surface area contributed by atoms with Crippen molar-refractivity contribution >= 4 is 16.8 Å². The number of H-pyrrole nitrogens is 1. The van der Waals surface area contributed by atoms with Gasteiger partial charge in [0.1, 0.15) is 17.3 Å². The average molecular weight is 433 g/mol. The number of fused-ring (bicyclic) bond motifs is 1. The van der Waals surface area contributed by atoms with Gasteiger partial charge in [0.25, 0.3) is 5.91 Å². The highest BCUT2D eigenvalue weighted by molar-refractivity contribution is 5.96. The molecule has 1 amide bonds. The van der Waals surface area contributed by atoms with Gasteiger partial charge in [-0.05, 0) is 61.9 Å². The van der Waals surface area contributed by atoms with E-state index < -0.39 is 6.04 Å². The topological polar surface area (TPSA) is 78.4 Å². The average Bonchev–Trinajstić information content (AvgIpc) is 3.26. The van der Waals surface area contributed by atoms with E-state index in [1.165, 1.54) is 12.1 Å². The third-order valence-corrected chi connectivity index (χ3v) is 5.62. The van der Waals surface area contributed by atoms with E-state index in [1.54, 1.807) is 60.6 Å². The zero-order valence-electron chi connectivity index (χ0n) is 18.1. The molecule has 0 saturated heterocycles. The van der Waals surface area contributed by atoms with Gasteiger partial charge in [0, 0.05) is 29.1 Å². The van der Waals surface area contributed by atoms with Crippen molar-refractivity contribution in [3.8, 4) is 22.6 Å². The summed E-state index contributed by atoms with van der Waals surface area (Å²) in [6, 6.07) is 14.3. The maximum absolute atomic E-state index is 13.7. The number of nitrogens with one attached hydrogen (secondary N) is 1. The van der Waals surface area contributed by atoms with Gasteiger partial charge in [-0.25, -0.2) is 4.39 Å². The summed E-state index contributed by atoms with van der Waals surface area (Å²) < 4.78 is 19.5. The SMILES string of the molecule is CCOc1cc(C(=O)N(C)[C@H](C)c2c(O)ccc3cn[nH]c23)ccc1-c1cccc(F)c1. The lowest BCUT2D eigenvalue weighted by Crippen LogP contribution is -2.30. The van der Waals surface area contributed by atoms with Crippen LogP contribution in [-0.4, -0.2) is 39.8 Å². The first-order chi connectivity index (χ1) is 15.4. The number of aromatic amines is 1. The number of rotatable bonds is 6. The molecule has 0 aliphatic heterocycles. The first-order valence-corrected chi connectivity index (χ1v) is 10.4. The Hall–Kier alpha value is -3.87. The highest BCUT2D eigenvalue weighted by atomic mass is 19.1. The monoisotopic (exact) mass is 433 g/mol. The number of aromatic hydroxyl groups is 1. The van der Waals surface area contributed by atoms with Crippen molar-refractivity contribution in [2.45, 2.75) is 19.9 Å². The molecule has 2 N–H and O–H groups in total. The van der Waals surface area contributed by atoms with E-state index in [2.05, 4.69) is 10.2 Å². The summed E-state index contributed by atoms with van der Waals surface area (Å²) in [5.41, 5.74) is 3.09. The van der Waals surface area contributed by atoms with Crippen molar-refractivity contribution in [3.63, 3.8) is 0 Å². The fourth-order valence-corrected chi connectivity index (χ4v) is 3.84. The molecule has 0 unspecified atom stereocenters. The van der Waals surface area contributed by atoms with E-state index in [4.69, 9.17) is 4.74 Å². The Morgan fingerprint density at radius 1 is 1.22 bits per heavy atom. The third-order valence-electron chi connectivity index (χ3n) is 5.62. The van der Waals surface area contributed by atoms with Crippen LogP contribution in [0.3, 0.4) is 0 Å². The summed E-state index contributed by atoms with van der Waals surface area (Å²) in [6.45, 7) is 4.10. The minimum atomic E-state index is -0.426. The third kappa shape index (κ3) is 3.89. The molecule has 0 saturated carbocycles. The number of carbonyl (C=O) groups excluding carboxylic acids is 1. The van der Waals surface area contributed by atoms with Gasteiger partial charge in [-0.15, -0.1) is 0 Å². The molecule has 0 aliphatic rings. The Morgan fingerprint density at radius 3 is 2.78 bits per heavy atom. The van der Waals surface area contributed by atoms with Gasteiger partial charge in [-0.3, -0.25) is 9.89 Å². The Kier molecular flexibility index (Phi) is 5.81. The molecule has 6 nitrogen and oxygen atoms in total. The quantitative estimate of drug-likeness (QED) is 0.432. The molecule has 0 aliphatic carbocycles. The van der Waals surface area contributed by atoms with Crippen LogP contribution in [-0.2, 0) is 0 Å². The number of carbonyl (C=O) groups is 1. The number of phenolic OH excluding ortho intramolecular Hbond substituents is 1. The number of ether oxygens (including phenoxy) is 1. The second-order valence-electron chi connectivity index (χ2n) is 7.58. The van der Waals surface area contributed by atoms with Crippen molar-refractivity contribution in [3.05, 3.63) is 77.7 Å². The fraction of sp³-hybridized carbons (Fsp3) is 0.200. The van der Waals surface area contributed by atoms with Gasteiger partial charge in [-0.2, -0.15) is 5.10 Å². The molecule has 4 aromatic rings. The summed E-state index contributed by atoms with van der Waals surface area (Å²) in [5, 5.41) is 18.3. The number of hydrogen-bond donors (Lipinski definition) is 2. The van der Waals surface area contributed by atoms with Crippen molar-refractivity contribution < 1.29 is 19.0 Å². The van der Waals surface area contributed by atoms with Crippen LogP contribution in [0.5, 0.6) is 11.5 Å². The van der Waals surface area contributed by atoms with Crippen molar-refractivity contribution in [2.75, 3.05) is 13.7 Å². The van der Waals surface area contributed by atoms with Crippen LogP contribution >= 0.6 is 0 Å². The number of nitrogens with zero attached hydrogens (tertiary/aromatic N) is 2. The molecular formula is C25H24FN3O3. The molecule has 1 heterocycles.